The minimum atomic E-state index is 0.131. The Morgan fingerprint density at radius 1 is 1.38 bits per heavy atom. The Morgan fingerprint density at radius 3 is 2.77 bits per heavy atom. The van der Waals surface area contributed by atoms with Crippen LogP contribution < -0.4 is 5.32 Å². The fraction of sp³-hybridized carbons (Fsp3) is 0.700. The number of urea groups is 1. The van der Waals surface area contributed by atoms with E-state index in [4.69, 9.17) is 0 Å². The van der Waals surface area contributed by atoms with Crippen LogP contribution in [0.2, 0.25) is 0 Å². The lowest BCUT2D eigenvalue weighted by Gasteiger charge is -2.33. The zero-order valence-electron chi connectivity index (χ0n) is 7.83. The molecule has 0 saturated carbocycles. The third kappa shape index (κ3) is 2.02. The SMILES string of the molecule is O=C(NC1CC=CCC1)N1CCC1. The second kappa shape index (κ2) is 3.81. The highest BCUT2D eigenvalue weighted by Gasteiger charge is 2.22. The lowest BCUT2D eigenvalue weighted by atomic mass is 10.0. The smallest absolute Gasteiger partial charge is 0.317 e. The lowest BCUT2D eigenvalue weighted by Crippen LogP contribution is -2.50. The molecule has 1 aliphatic heterocycles. The zero-order chi connectivity index (χ0) is 9.10. The number of nitrogens with zero attached hydrogens (tertiary/aromatic N) is 1. The molecule has 0 radical (unpaired) electrons. The van der Waals surface area contributed by atoms with Gasteiger partial charge in [0.15, 0.2) is 0 Å². The van der Waals surface area contributed by atoms with Crippen LogP contribution in [0.25, 0.3) is 0 Å². The van der Waals surface area contributed by atoms with E-state index >= 15 is 0 Å². The molecule has 1 saturated heterocycles. The summed E-state index contributed by atoms with van der Waals surface area (Å²) in [5, 5.41) is 3.06. The number of likely N-dealkylation sites (tertiary alicyclic amines) is 1. The summed E-state index contributed by atoms with van der Waals surface area (Å²) in [5.41, 5.74) is 0. The van der Waals surface area contributed by atoms with E-state index in [2.05, 4.69) is 17.5 Å². The molecule has 1 atom stereocenters. The number of carbonyl (C=O) groups is 1. The molecule has 3 heteroatoms. The van der Waals surface area contributed by atoms with Crippen molar-refractivity contribution in [2.24, 2.45) is 0 Å². The average Bonchev–Trinajstić information content (AvgIpc) is 2.02. The van der Waals surface area contributed by atoms with Gasteiger partial charge in [-0.3, -0.25) is 0 Å². The van der Waals surface area contributed by atoms with Gasteiger partial charge in [-0.15, -0.1) is 0 Å². The third-order valence-corrected chi connectivity index (χ3v) is 2.74. The van der Waals surface area contributed by atoms with Crippen LogP contribution in [0.4, 0.5) is 4.79 Å². The summed E-state index contributed by atoms with van der Waals surface area (Å²) >= 11 is 0. The summed E-state index contributed by atoms with van der Waals surface area (Å²) in [6.45, 7) is 1.88. The molecule has 72 valence electrons. The van der Waals surface area contributed by atoms with Gasteiger partial charge < -0.3 is 10.2 Å². The first-order valence-corrected chi connectivity index (χ1v) is 5.07. The molecular formula is C10H16N2O. The molecular weight excluding hydrogens is 164 g/mol. The predicted molar refractivity (Wildman–Crippen MR) is 51.5 cm³/mol. The van der Waals surface area contributed by atoms with Crippen LogP contribution in [-0.4, -0.2) is 30.1 Å². The van der Waals surface area contributed by atoms with E-state index in [-0.39, 0.29) is 6.03 Å². The van der Waals surface area contributed by atoms with Crippen LogP contribution >= 0.6 is 0 Å². The van der Waals surface area contributed by atoms with Crippen molar-refractivity contribution in [3.8, 4) is 0 Å². The highest BCUT2D eigenvalue weighted by atomic mass is 16.2. The molecule has 1 fully saturated rings. The van der Waals surface area contributed by atoms with Gasteiger partial charge in [0.05, 0.1) is 0 Å². The van der Waals surface area contributed by atoms with Gasteiger partial charge in [-0.05, 0) is 25.7 Å². The van der Waals surface area contributed by atoms with E-state index in [1.165, 1.54) is 0 Å². The largest absolute Gasteiger partial charge is 0.335 e. The predicted octanol–water partition coefficient (Wildman–Crippen LogP) is 1.51. The second-order valence-electron chi connectivity index (χ2n) is 3.77. The van der Waals surface area contributed by atoms with E-state index in [0.29, 0.717) is 6.04 Å². The fourth-order valence-corrected chi connectivity index (χ4v) is 1.71. The van der Waals surface area contributed by atoms with Crippen LogP contribution in [0.1, 0.15) is 25.7 Å². The van der Waals surface area contributed by atoms with Crippen molar-refractivity contribution in [3.63, 3.8) is 0 Å². The lowest BCUT2D eigenvalue weighted by molar-refractivity contribution is 0.163. The molecule has 2 amide bonds. The summed E-state index contributed by atoms with van der Waals surface area (Å²) in [6.07, 6.45) is 8.70. The Balaban J connectivity index is 1.76. The summed E-state index contributed by atoms with van der Waals surface area (Å²) in [7, 11) is 0. The van der Waals surface area contributed by atoms with Gasteiger partial charge in [-0.25, -0.2) is 4.79 Å². The van der Waals surface area contributed by atoms with Crippen LogP contribution in [0.3, 0.4) is 0 Å². The number of allylic oxidation sites excluding steroid dienone is 1. The number of rotatable bonds is 1. The van der Waals surface area contributed by atoms with Crippen LogP contribution in [0, 0.1) is 0 Å². The molecule has 2 rings (SSSR count). The molecule has 0 aromatic carbocycles. The first-order valence-electron chi connectivity index (χ1n) is 5.07. The monoisotopic (exact) mass is 180 g/mol. The first-order chi connectivity index (χ1) is 6.36. The van der Waals surface area contributed by atoms with Gasteiger partial charge in [0.25, 0.3) is 0 Å². The van der Waals surface area contributed by atoms with Crippen LogP contribution in [0.15, 0.2) is 12.2 Å². The van der Waals surface area contributed by atoms with Crippen molar-refractivity contribution >= 4 is 6.03 Å². The normalized spacial score (nSPS) is 26.8. The maximum Gasteiger partial charge on any atom is 0.317 e. The van der Waals surface area contributed by atoms with E-state index in [1.807, 2.05) is 4.90 Å². The number of hydrogen-bond acceptors (Lipinski definition) is 1. The molecule has 0 aromatic heterocycles. The molecule has 1 aliphatic carbocycles. The standard InChI is InChI=1S/C10H16N2O/c13-10(12-7-4-8-12)11-9-5-2-1-3-6-9/h1-2,9H,3-8H2,(H,11,13). The van der Waals surface area contributed by atoms with E-state index in [9.17, 15) is 4.79 Å². The van der Waals surface area contributed by atoms with Gasteiger partial charge in [0.1, 0.15) is 0 Å². The minimum absolute atomic E-state index is 0.131. The first kappa shape index (κ1) is 8.60. The molecule has 2 aliphatic rings. The molecule has 1 N–H and O–H groups in total. The van der Waals surface area contributed by atoms with Crippen molar-refractivity contribution < 1.29 is 4.79 Å². The van der Waals surface area contributed by atoms with Crippen molar-refractivity contribution in [3.05, 3.63) is 12.2 Å². The Bertz CT molecular complexity index is 221. The Labute approximate surface area is 78.8 Å². The van der Waals surface area contributed by atoms with Crippen LogP contribution in [0.5, 0.6) is 0 Å². The molecule has 0 bridgehead atoms. The minimum Gasteiger partial charge on any atom is -0.335 e. The van der Waals surface area contributed by atoms with Crippen molar-refractivity contribution in [1.29, 1.82) is 0 Å². The number of hydrogen-bond donors (Lipinski definition) is 1. The summed E-state index contributed by atoms with van der Waals surface area (Å²) in [4.78, 5) is 13.4. The Kier molecular flexibility index (Phi) is 2.52. The van der Waals surface area contributed by atoms with Crippen molar-refractivity contribution in [2.75, 3.05) is 13.1 Å². The van der Waals surface area contributed by atoms with Crippen molar-refractivity contribution in [1.82, 2.24) is 10.2 Å². The van der Waals surface area contributed by atoms with Gasteiger partial charge in [0.2, 0.25) is 0 Å². The molecule has 1 unspecified atom stereocenters. The number of amides is 2. The molecule has 3 nitrogen and oxygen atoms in total. The highest BCUT2D eigenvalue weighted by Crippen LogP contribution is 2.12. The zero-order valence-corrected chi connectivity index (χ0v) is 7.83. The van der Waals surface area contributed by atoms with Gasteiger partial charge >= 0.3 is 6.03 Å². The van der Waals surface area contributed by atoms with Crippen LogP contribution in [-0.2, 0) is 0 Å². The highest BCUT2D eigenvalue weighted by molar-refractivity contribution is 5.75. The van der Waals surface area contributed by atoms with Gasteiger partial charge in [0, 0.05) is 19.1 Å². The number of nitrogens with one attached hydrogen (secondary N) is 1. The molecule has 1 heterocycles. The molecule has 0 spiro atoms. The maximum atomic E-state index is 11.5. The maximum absolute atomic E-state index is 11.5. The summed E-state index contributed by atoms with van der Waals surface area (Å²) < 4.78 is 0. The topological polar surface area (TPSA) is 32.3 Å². The molecule has 0 aromatic rings. The van der Waals surface area contributed by atoms with Crippen molar-refractivity contribution in [2.45, 2.75) is 31.7 Å². The fourth-order valence-electron chi connectivity index (χ4n) is 1.71. The Hall–Kier alpha value is -0.990. The van der Waals surface area contributed by atoms with Gasteiger partial charge in [-0.2, -0.15) is 0 Å². The Morgan fingerprint density at radius 2 is 2.23 bits per heavy atom. The quantitative estimate of drug-likeness (QED) is 0.609. The van der Waals surface area contributed by atoms with E-state index in [1.54, 1.807) is 0 Å². The summed E-state index contributed by atoms with van der Waals surface area (Å²) in [6, 6.07) is 0.504. The third-order valence-electron chi connectivity index (χ3n) is 2.74. The summed E-state index contributed by atoms with van der Waals surface area (Å²) in [5.74, 6) is 0. The van der Waals surface area contributed by atoms with E-state index < -0.39 is 0 Å². The number of carbonyl (C=O) groups excluding carboxylic acids is 1. The van der Waals surface area contributed by atoms with Gasteiger partial charge in [-0.1, -0.05) is 12.2 Å². The average molecular weight is 180 g/mol. The molecule has 13 heavy (non-hydrogen) atoms. The second-order valence-corrected chi connectivity index (χ2v) is 3.77. The van der Waals surface area contributed by atoms with E-state index in [0.717, 1.165) is 38.8 Å².